The molecular weight excluding hydrogens is 312 g/mol. The van der Waals surface area contributed by atoms with Crippen LogP contribution in [0.5, 0.6) is 0 Å². The maximum Gasteiger partial charge on any atom is 0.323 e. The first kappa shape index (κ1) is 17.1. The van der Waals surface area contributed by atoms with Crippen molar-refractivity contribution in [2.75, 3.05) is 13.2 Å². The van der Waals surface area contributed by atoms with Crippen LogP contribution in [-0.4, -0.2) is 42.6 Å². The van der Waals surface area contributed by atoms with Crippen LogP contribution in [0.3, 0.4) is 0 Å². The summed E-state index contributed by atoms with van der Waals surface area (Å²) < 4.78 is 16.6. The van der Waals surface area contributed by atoms with Crippen molar-refractivity contribution in [1.29, 1.82) is 0 Å². The molecule has 1 spiro atoms. The van der Waals surface area contributed by atoms with Crippen LogP contribution >= 0.6 is 0 Å². The first-order valence-electron chi connectivity index (χ1n) is 8.61. The molecule has 2 bridgehead atoms. The molecule has 4 atom stereocenters. The van der Waals surface area contributed by atoms with Crippen molar-refractivity contribution < 1.29 is 28.6 Å². The van der Waals surface area contributed by atoms with E-state index in [1.807, 2.05) is 12.2 Å². The average Bonchev–Trinajstić information content (AvgIpc) is 3.16. The number of hydrogen-bond acceptors (Lipinski definition) is 6. The third-order valence-electron chi connectivity index (χ3n) is 5.56. The largest absolute Gasteiger partial charge is 0.465 e. The summed E-state index contributed by atoms with van der Waals surface area (Å²) in [7, 11) is 0. The number of Topliss-reactive ketones (excluding diaryl/α,β-unsaturated/α-hetero) is 1. The fraction of sp³-hybridized carbons (Fsp3) is 0.722. The van der Waals surface area contributed by atoms with E-state index >= 15 is 0 Å². The fourth-order valence-corrected chi connectivity index (χ4v) is 4.74. The molecule has 1 saturated carbocycles. The minimum Gasteiger partial charge on any atom is -0.465 e. The van der Waals surface area contributed by atoms with E-state index in [2.05, 4.69) is 0 Å². The average molecular weight is 336 g/mol. The number of hydrogen-bond donors (Lipinski definition) is 0. The summed E-state index contributed by atoms with van der Waals surface area (Å²) in [6, 6.07) is 0. The van der Waals surface area contributed by atoms with Crippen LogP contribution < -0.4 is 0 Å². The van der Waals surface area contributed by atoms with Crippen LogP contribution in [0.15, 0.2) is 12.2 Å². The van der Waals surface area contributed by atoms with Crippen LogP contribution in [-0.2, 0) is 28.6 Å². The van der Waals surface area contributed by atoms with Crippen LogP contribution in [0, 0.1) is 17.3 Å². The van der Waals surface area contributed by atoms with Gasteiger partial charge in [-0.3, -0.25) is 9.59 Å². The molecule has 1 aliphatic carbocycles. The Morgan fingerprint density at radius 1 is 1.17 bits per heavy atom. The van der Waals surface area contributed by atoms with E-state index in [1.54, 1.807) is 13.8 Å². The number of esters is 2. The summed E-state index contributed by atoms with van der Waals surface area (Å²) in [6.45, 7) is 5.21. The standard InChI is InChI=1S/C18H24O6/c1-4-22-15(20)17(16(21)23-5-2)10-12-9-13-6-7-18(12,24-13)14(17)8-11(3)19/h6-7,12-14H,4-5,8-10H2,1-3H3/t12-,13+,14+,18-/m0/s1. The van der Waals surface area contributed by atoms with Gasteiger partial charge in [-0.15, -0.1) is 0 Å². The number of ether oxygens (including phenoxy) is 3. The Morgan fingerprint density at radius 2 is 1.79 bits per heavy atom. The Kier molecular flexibility index (Phi) is 4.28. The van der Waals surface area contributed by atoms with Crippen molar-refractivity contribution >= 4 is 17.7 Å². The van der Waals surface area contributed by atoms with Gasteiger partial charge in [0.2, 0.25) is 0 Å². The zero-order valence-corrected chi connectivity index (χ0v) is 14.4. The second kappa shape index (κ2) is 5.99. The lowest BCUT2D eigenvalue weighted by Gasteiger charge is -2.36. The predicted octanol–water partition coefficient (Wildman–Crippen LogP) is 1.81. The van der Waals surface area contributed by atoms with E-state index in [0.717, 1.165) is 6.42 Å². The summed E-state index contributed by atoms with van der Waals surface area (Å²) in [4.78, 5) is 37.7. The molecule has 0 unspecified atom stereocenters. The van der Waals surface area contributed by atoms with Crippen LogP contribution in [0.1, 0.15) is 40.0 Å². The van der Waals surface area contributed by atoms with Gasteiger partial charge in [0.1, 0.15) is 5.78 Å². The highest BCUT2D eigenvalue weighted by Gasteiger charge is 2.73. The lowest BCUT2D eigenvalue weighted by atomic mass is 9.70. The Bertz CT molecular complexity index is 576. The fourth-order valence-electron chi connectivity index (χ4n) is 4.74. The van der Waals surface area contributed by atoms with E-state index in [1.165, 1.54) is 6.92 Å². The second-order valence-corrected chi connectivity index (χ2v) is 6.88. The molecule has 2 aliphatic heterocycles. The molecule has 0 N–H and O–H groups in total. The SMILES string of the molecule is CCOC(=O)C1(C(=O)OCC)C[C@@H]2C[C@H]3C=C[C@@]2(O3)[C@@H]1CC(C)=O. The Labute approximate surface area is 141 Å². The number of fused-ring (bicyclic) bond motifs is 1. The summed E-state index contributed by atoms with van der Waals surface area (Å²) in [5, 5.41) is 0. The maximum absolute atomic E-state index is 12.9. The van der Waals surface area contributed by atoms with Crippen molar-refractivity contribution in [3.63, 3.8) is 0 Å². The third-order valence-corrected chi connectivity index (χ3v) is 5.56. The van der Waals surface area contributed by atoms with Gasteiger partial charge >= 0.3 is 11.9 Å². The number of ketones is 1. The Hall–Kier alpha value is -1.69. The quantitative estimate of drug-likeness (QED) is 0.418. The van der Waals surface area contributed by atoms with Crippen LogP contribution in [0.4, 0.5) is 0 Å². The minimum atomic E-state index is -1.47. The van der Waals surface area contributed by atoms with Gasteiger partial charge in [-0.25, -0.2) is 0 Å². The van der Waals surface area contributed by atoms with Crippen molar-refractivity contribution in [3.8, 4) is 0 Å². The molecule has 0 aromatic rings. The first-order chi connectivity index (χ1) is 11.4. The van der Waals surface area contributed by atoms with Crippen molar-refractivity contribution in [2.24, 2.45) is 17.3 Å². The minimum absolute atomic E-state index is 0.00634. The number of carbonyl (C=O) groups is 3. The zero-order chi connectivity index (χ0) is 17.5. The molecule has 24 heavy (non-hydrogen) atoms. The molecule has 3 rings (SSSR count). The molecular formula is C18H24O6. The molecule has 3 aliphatic rings. The van der Waals surface area contributed by atoms with Gasteiger partial charge in [0, 0.05) is 12.3 Å². The van der Waals surface area contributed by atoms with Gasteiger partial charge in [0.25, 0.3) is 0 Å². The Morgan fingerprint density at radius 3 is 2.29 bits per heavy atom. The van der Waals surface area contributed by atoms with Crippen molar-refractivity contribution in [2.45, 2.75) is 51.7 Å². The first-order valence-corrected chi connectivity index (χ1v) is 8.61. The summed E-state index contributed by atoms with van der Waals surface area (Å²) in [5.74, 6) is -1.85. The van der Waals surface area contributed by atoms with Gasteiger partial charge < -0.3 is 19.0 Å². The number of carbonyl (C=O) groups excluding carboxylic acids is 3. The molecule has 6 nitrogen and oxygen atoms in total. The van der Waals surface area contributed by atoms with E-state index < -0.39 is 28.9 Å². The molecule has 2 fully saturated rings. The molecule has 0 radical (unpaired) electrons. The van der Waals surface area contributed by atoms with E-state index in [4.69, 9.17) is 14.2 Å². The van der Waals surface area contributed by atoms with Gasteiger partial charge in [-0.2, -0.15) is 0 Å². The van der Waals surface area contributed by atoms with Crippen molar-refractivity contribution in [1.82, 2.24) is 0 Å². The summed E-state index contributed by atoms with van der Waals surface area (Å²) >= 11 is 0. The summed E-state index contributed by atoms with van der Waals surface area (Å²) in [6.07, 6.45) is 5.07. The smallest absolute Gasteiger partial charge is 0.323 e. The lowest BCUT2D eigenvalue weighted by molar-refractivity contribution is -0.179. The molecule has 0 aromatic heterocycles. The molecule has 0 amide bonds. The molecule has 132 valence electrons. The van der Waals surface area contributed by atoms with E-state index in [-0.39, 0.29) is 37.4 Å². The van der Waals surface area contributed by atoms with Crippen LogP contribution in [0.25, 0.3) is 0 Å². The van der Waals surface area contributed by atoms with E-state index in [9.17, 15) is 14.4 Å². The van der Waals surface area contributed by atoms with E-state index in [0.29, 0.717) is 6.42 Å². The highest BCUT2D eigenvalue weighted by molar-refractivity contribution is 6.02. The zero-order valence-electron chi connectivity index (χ0n) is 14.4. The van der Waals surface area contributed by atoms with Crippen LogP contribution in [0.2, 0.25) is 0 Å². The lowest BCUT2D eigenvalue weighted by Crippen LogP contribution is -2.50. The van der Waals surface area contributed by atoms with Gasteiger partial charge in [-0.1, -0.05) is 12.2 Å². The molecule has 1 saturated heterocycles. The number of rotatable bonds is 6. The maximum atomic E-state index is 12.9. The van der Waals surface area contributed by atoms with Gasteiger partial charge in [0.15, 0.2) is 5.41 Å². The monoisotopic (exact) mass is 336 g/mol. The second-order valence-electron chi connectivity index (χ2n) is 6.88. The highest BCUT2D eigenvalue weighted by Crippen LogP contribution is 2.64. The third kappa shape index (κ3) is 2.23. The molecule has 2 heterocycles. The molecule has 0 aromatic carbocycles. The summed E-state index contributed by atoms with van der Waals surface area (Å²) in [5.41, 5.74) is -2.21. The normalized spacial score (nSPS) is 34.9. The van der Waals surface area contributed by atoms with Crippen molar-refractivity contribution in [3.05, 3.63) is 12.2 Å². The topological polar surface area (TPSA) is 78.9 Å². The predicted molar refractivity (Wildman–Crippen MR) is 84.0 cm³/mol. The van der Waals surface area contributed by atoms with Gasteiger partial charge in [0.05, 0.1) is 24.9 Å². The molecule has 6 heteroatoms. The Balaban J connectivity index is 2.08. The highest BCUT2D eigenvalue weighted by atomic mass is 16.6. The van der Waals surface area contributed by atoms with Gasteiger partial charge in [-0.05, 0) is 39.5 Å².